The minimum Gasteiger partial charge on any atom is -0.491 e. The molecule has 3 N–H and O–H groups in total. The van der Waals surface area contributed by atoms with Gasteiger partial charge in [-0.2, -0.15) is 0 Å². The molecule has 3 nitrogen and oxygen atoms in total. The number of ether oxygens (including phenoxy) is 1. The van der Waals surface area contributed by atoms with Crippen molar-refractivity contribution < 1.29 is 9.84 Å². The zero-order valence-corrected chi connectivity index (χ0v) is 11.8. The van der Waals surface area contributed by atoms with E-state index in [4.69, 9.17) is 10.5 Å². The lowest BCUT2D eigenvalue weighted by molar-refractivity contribution is 0.0470. The molecule has 1 aliphatic heterocycles. The van der Waals surface area contributed by atoms with Gasteiger partial charge in [0.15, 0.2) is 0 Å². The maximum absolute atomic E-state index is 10.4. The number of nitrogens with two attached hydrogens (primary N) is 1. The highest BCUT2D eigenvalue weighted by Gasteiger charge is 2.29. The molecule has 1 aliphatic rings. The fraction of sp³-hybridized carbons (Fsp3) is 0.571. The summed E-state index contributed by atoms with van der Waals surface area (Å²) in [4.78, 5) is 1.23. The predicted molar refractivity (Wildman–Crippen MR) is 75.3 cm³/mol. The molecule has 100 valence electrons. The summed E-state index contributed by atoms with van der Waals surface area (Å²) in [6.45, 7) is 4.33. The van der Waals surface area contributed by atoms with E-state index in [2.05, 4.69) is 6.07 Å². The molecule has 1 heterocycles. The largest absolute Gasteiger partial charge is 0.491 e. The smallest absolute Gasteiger partial charge is 0.120 e. The number of aliphatic hydroxyl groups is 1. The summed E-state index contributed by atoms with van der Waals surface area (Å²) in [5, 5.41) is 10.4. The zero-order chi connectivity index (χ0) is 13.2. The molecular formula is C14H21NO2S. The molecule has 0 amide bonds. The van der Waals surface area contributed by atoms with Crippen LogP contribution in [0.5, 0.6) is 5.75 Å². The lowest BCUT2D eigenvalue weighted by atomic mass is 9.92. The molecule has 0 radical (unpaired) electrons. The van der Waals surface area contributed by atoms with Gasteiger partial charge < -0.3 is 15.6 Å². The lowest BCUT2D eigenvalue weighted by Crippen LogP contribution is -2.39. The van der Waals surface area contributed by atoms with E-state index < -0.39 is 5.60 Å². The third-order valence-corrected chi connectivity index (χ3v) is 4.25. The van der Waals surface area contributed by atoms with Gasteiger partial charge in [-0.25, -0.2) is 0 Å². The van der Waals surface area contributed by atoms with E-state index in [1.807, 2.05) is 26.0 Å². The summed E-state index contributed by atoms with van der Waals surface area (Å²) in [7, 11) is 0. The van der Waals surface area contributed by atoms with Crippen LogP contribution < -0.4 is 10.5 Å². The number of thioether (sulfide) groups is 1. The first-order chi connectivity index (χ1) is 8.52. The number of rotatable bonds is 3. The Morgan fingerprint density at radius 2 is 2.28 bits per heavy atom. The van der Waals surface area contributed by atoms with Gasteiger partial charge in [0.05, 0.1) is 11.7 Å². The highest BCUT2D eigenvalue weighted by molar-refractivity contribution is 7.99. The van der Waals surface area contributed by atoms with Crippen molar-refractivity contribution >= 4 is 11.8 Å². The fourth-order valence-electron chi connectivity index (χ4n) is 2.15. The Balaban J connectivity index is 2.27. The Morgan fingerprint density at radius 3 is 2.94 bits per heavy atom. The van der Waals surface area contributed by atoms with Gasteiger partial charge in [-0.3, -0.25) is 0 Å². The van der Waals surface area contributed by atoms with Gasteiger partial charge in [0.25, 0.3) is 0 Å². The summed E-state index contributed by atoms with van der Waals surface area (Å²) in [5.41, 5.74) is 6.07. The van der Waals surface area contributed by atoms with Crippen LogP contribution in [0.4, 0.5) is 0 Å². The van der Waals surface area contributed by atoms with Crippen molar-refractivity contribution in [1.82, 2.24) is 0 Å². The van der Waals surface area contributed by atoms with Crippen molar-refractivity contribution in [3.8, 4) is 5.75 Å². The Hall–Kier alpha value is -0.710. The van der Waals surface area contributed by atoms with Crippen LogP contribution in [0.3, 0.4) is 0 Å². The van der Waals surface area contributed by atoms with Crippen LogP contribution >= 0.6 is 11.8 Å². The Labute approximate surface area is 113 Å². The minimum absolute atomic E-state index is 0.162. The van der Waals surface area contributed by atoms with Crippen molar-refractivity contribution in [2.24, 2.45) is 5.73 Å². The third-order valence-electron chi connectivity index (χ3n) is 3.13. The fourth-order valence-corrected chi connectivity index (χ4v) is 3.33. The Bertz CT molecular complexity index is 422. The topological polar surface area (TPSA) is 55.5 Å². The monoisotopic (exact) mass is 267 g/mol. The summed E-state index contributed by atoms with van der Waals surface area (Å²) >= 11 is 1.78. The molecule has 1 aromatic carbocycles. The minimum atomic E-state index is -0.769. The van der Waals surface area contributed by atoms with E-state index in [9.17, 15) is 5.11 Å². The van der Waals surface area contributed by atoms with Crippen molar-refractivity contribution in [1.29, 1.82) is 0 Å². The summed E-state index contributed by atoms with van der Waals surface area (Å²) in [6.07, 6.45) is 1.51. The summed E-state index contributed by atoms with van der Waals surface area (Å²) in [5.74, 6) is 1.77. The average molecular weight is 267 g/mol. The highest BCUT2D eigenvalue weighted by atomic mass is 32.2. The van der Waals surface area contributed by atoms with E-state index in [0.717, 1.165) is 23.5 Å². The van der Waals surface area contributed by atoms with E-state index in [-0.39, 0.29) is 6.10 Å². The van der Waals surface area contributed by atoms with Crippen LogP contribution in [0.2, 0.25) is 0 Å². The van der Waals surface area contributed by atoms with Crippen molar-refractivity contribution in [2.75, 3.05) is 12.3 Å². The first-order valence-corrected chi connectivity index (χ1v) is 7.36. The SMILES string of the molecule is CC(C)Oc1ccc2c(c1)CC(O)(CN)CCS2. The molecule has 1 unspecified atom stereocenters. The first kappa shape index (κ1) is 13.7. The molecule has 0 spiro atoms. The van der Waals surface area contributed by atoms with Gasteiger partial charge >= 0.3 is 0 Å². The molecule has 0 aliphatic carbocycles. The van der Waals surface area contributed by atoms with E-state index in [0.29, 0.717) is 13.0 Å². The first-order valence-electron chi connectivity index (χ1n) is 6.37. The highest BCUT2D eigenvalue weighted by Crippen LogP contribution is 2.35. The van der Waals surface area contributed by atoms with Crippen molar-refractivity contribution in [3.05, 3.63) is 23.8 Å². The van der Waals surface area contributed by atoms with E-state index in [1.165, 1.54) is 4.90 Å². The van der Waals surface area contributed by atoms with Gasteiger partial charge in [-0.1, -0.05) is 0 Å². The van der Waals surface area contributed by atoms with Crippen molar-refractivity contribution in [2.45, 2.75) is 43.3 Å². The molecule has 0 bridgehead atoms. The molecular weight excluding hydrogens is 246 g/mol. The molecule has 1 aromatic rings. The molecule has 4 heteroatoms. The molecule has 0 saturated heterocycles. The third kappa shape index (κ3) is 3.19. The van der Waals surface area contributed by atoms with Crippen LogP contribution in [0.1, 0.15) is 25.8 Å². The summed E-state index contributed by atoms with van der Waals surface area (Å²) in [6, 6.07) is 6.12. The molecule has 0 aromatic heterocycles. The molecule has 2 rings (SSSR count). The second-order valence-electron chi connectivity index (χ2n) is 5.14. The Kier molecular flexibility index (Phi) is 4.20. The number of fused-ring (bicyclic) bond motifs is 1. The quantitative estimate of drug-likeness (QED) is 0.881. The van der Waals surface area contributed by atoms with Crippen LogP contribution in [-0.4, -0.2) is 29.1 Å². The number of hydrogen-bond acceptors (Lipinski definition) is 4. The maximum atomic E-state index is 10.4. The van der Waals surface area contributed by atoms with E-state index >= 15 is 0 Å². The standard InChI is InChI=1S/C14H21NO2S/c1-10(2)17-12-3-4-13-11(7-12)8-14(16,9-15)5-6-18-13/h3-4,7,10,16H,5-6,8-9,15H2,1-2H3. The second kappa shape index (κ2) is 5.51. The van der Waals surface area contributed by atoms with Gasteiger partial charge in [-0.15, -0.1) is 11.8 Å². The maximum Gasteiger partial charge on any atom is 0.120 e. The average Bonchev–Trinajstić information content (AvgIpc) is 2.47. The lowest BCUT2D eigenvalue weighted by Gasteiger charge is -2.24. The van der Waals surface area contributed by atoms with Crippen LogP contribution in [0, 0.1) is 0 Å². The van der Waals surface area contributed by atoms with Gasteiger partial charge in [0.2, 0.25) is 0 Å². The van der Waals surface area contributed by atoms with Crippen LogP contribution in [0.15, 0.2) is 23.1 Å². The summed E-state index contributed by atoms with van der Waals surface area (Å²) < 4.78 is 5.70. The molecule has 1 atom stereocenters. The number of hydrogen-bond donors (Lipinski definition) is 2. The Morgan fingerprint density at radius 1 is 1.50 bits per heavy atom. The van der Waals surface area contributed by atoms with Crippen LogP contribution in [-0.2, 0) is 6.42 Å². The van der Waals surface area contributed by atoms with Crippen molar-refractivity contribution in [3.63, 3.8) is 0 Å². The molecule has 0 saturated carbocycles. The van der Waals surface area contributed by atoms with E-state index in [1.54, 1.807) is 11.8 Å². The van der Waals surface area contributed by atoms with Crippen LogP contribution in [0.25, 0.3) is 0 Å². The predicted octanol–water partition coefficient (Wildman–Crippen LogP) is 2.20. The zero-order valence-electron chi connectivity index (χ0n) is 11.0. The van der Waals surface area contributed by atoms with Gasteiger partial charge in [-0.05, 0) is 44.0 Å². The molecule has 18 heavy (non-hydrogen) atoms. The van der Waals surface area contributed by atoms with Gasteiger partial charge in [0.1, 0.15) is 5.75 Å². The normalized spacial score (nSPS) is 23.6. The molecule has 0 fully saturated rings. The number of benzene rings is 1. The van der Waals surface area contributed by atoms with Gasteiger partial charge in [0, 0.05) is 23.6 Å². The second-order valence-corrected chi connectivity index (χ2v) is 6.28.